The van der Waals surface area contributed by atoms with E-state index in [2.05, 4.69) is 0 Å². The molecule has 0 fully saturated rings. The van der Waals surface area contributed by atoms with Gasteiger partial charge in [0.2, 0.25) is 0 Å². The van der Waals surface area contributed by atoms with Gasteiger partial charge in [-0.3, -0.25) is 4.79 Å². The third kappa shape index (κ3) is 1.94. The molecule has 0 aromatic rings. The van der Waals surface area contributed by atoms with Crippen molar-refractivity contribution in [2.75, 3.05) is 0 Å². The standard InChI is InChI=1S/C5H7NO/c1-4(3-6)5(2)7/h4H,1-2H3. The molecule has 0 aliphatic rings. The van der Waals surface area contributed by atoms with Gasteiger partial charge in [-0.25, -0.2) is 0 Å². The Balaban J connectivity index is 3.63. The zero-order chi connectivity index (χ0) is 5.86. The Bertz CT molecular complexity index is 112. The highest BCUT2D eigenvalue weighted by Crippen LogP contribution is 1.90. The van der Waals surface area contributed by atoms with E-state index in [4.69, 9.17) is 5.26 Å². The molecule has 0 spiro atoms. The zero-order valence-corrected chi connectivity index (χ0v) is 4.43. The van der Waals surface area contributed by atoms with Gasteiger partial charge in [0, 0.05) is 0 Å². The summed E-state index contributed by atoms with van der Waals surface area (Å²) in [5, 5.41) is 8.03. The lowest BCUT2D eigenvalue weighted by molar-refractivity contribution is -0.118. The molecule has 0 rings (SSSR count). The first kappa shape index (κ1) is 6.16. The number of carbonyl (C=O) groups is 1. The fourth-order valence-corrected chi connectivity index (χ4v) is 0.0909. The third-order valence-electron chi connectivity index (χ3n) is 0.803. The van der Waals surface area contributed by atoms with E-state index in [1.807, 2.05) is 6.07 Å². The highest BCUT2D eigenvalue weighted by atomic mass is 16.1. The highest BCUT2D eigenvalue weighted by Gasteiger charge is 2.02. The van der Waals surface area contributed by atoms with E-state index in [0.717, 1.165) is 0 Å². The van der Waals surface area contributed by atoms with Gasteiger partial charge >= 0.3 is 0 Å². The first-order chi connectivity index (χ1) is 3.18. The molecular formula is C5H7NO. The van der Waals surface area contributed by atoms with Crippen LogP contribution in [0.1, 0.15) is 13.8 Å². The predicted octanol–water partition coefficient (Wildman–Crippen LogP) is 0.735. The minimum atomic E-state index is -0.431. The summed E-state index contributed by atoms with van der Waals surface area (Å²) in [7, 11) is 0. The Labute approximate surface area is 42.8 Å². The van der Waals surface area contributed by atoms with Gasteiger partial charge in [0.15, 0.2) is 0 Å². The van der Waals surface area contributed by atoms with E-state index in [9.17, 15) is 4.79 Å². The van der Waals surface area contributed by atoms with Gasteiger partial charge in [-0.1, -0.05) is 0 Å². The summed E-state index contributed by atoms with van der Waals surface area (Å²) in [6.45, 7) is 3.00. The summed E-state index contributed by atoms with van der Waals surface area (Å²) in [6.07, 6.45) is 0. The van der Waals surface area contributed by atoms with Crippen molar-refractivity contribution in [1.82, 2.24) is 0 Å². The van der Waals surface area contributed by atoms with Gasteiger partial charge in [-0.05, 0) is 13.8 Å². The minimum Gasteiger partial charge on any atom is -0.299 e. The lowest BCUT2D eigenvalue weighted by Crippen LogP contribution is -2.01. The van der Waals surface area contributed by atoms with E-state index >= 15 is 0 Å². The SMILES string of the molecule is CC(=O)C(C)C#N. The number of carbonyl (C=O) groups excluding carboxylic acids is 1. The lowest BCUT2D eigenvalue weighted by atomic mass is 10.1. The van der Waals surface area contributed by atoms with Crippen LogP contribution in [-0.4, -0.2) is 5.78 Å². The summed E-state index contributed by atoms with van der Waals surface area (Å²) in [6, 6.07) is 1.81. The van der Waals surface area contributed by atoms with Gasteiger partial charge < -0.3 is 0 Å². The van der Waals surface area contributed by atoms with E-state index < -0.39 is 5.92 Å². The van der Waals surface area contributed by atoms with Crippen LogP contribution >= 0.6 is 0 Å². The van der Waals surface area contributed by atoms with Crippen LogP contribution in [0.15, 0.2) is 0 Å². The van der Waals surface area contributed by atoms with Crippen molar-refractivity contribution >= 4 is 5.78 Å². The minimum absolute atomic E-state index is 0.0671. The van der Waals surface area contributed by atoms with Gasteiger partial charge in [0.05, 0.1) is 6.07 Å². The van der Waals surface area contributed by atoms with Crippen LogP contribution in [0, 0.1) is 17.2 Å². The molecule has 0 N–H and O–H groups in total. The van der Waals surface area contributed by atoms with Crippen molar-refractivity contribution in [3.05, 3.63) is 0 Å². The molecule has 0 saturated carbocycles. The number of hydrogen-bond acceptors (Lipinski definition) is 2. The molecule has 1 atom stereocenters. The average Bonchev–Trinajstić information content (AvgIpc) is 1.65. The van der Waals surface area contributed by atoms with E-state index in [0.29, 0.717) is 0 Å². The Morgan fingerprint density at radius 2 is 2.29 bits per heavy atom. The molecule has 0 radical (unpaired) electrons. The Kier molecular flexibility index (Phi) is 2.07. The number of ketones is 1. The fraction of sp³-hybridized carbons (Fsp3) is 0.600. The first-order valence-corrected chi connectivity index (χ1v) is 2.08. The van der Waals surface area contributed by atoms with Crippen LogP contribution in [-0.2, 0) is 4.79 Å². The average molecular weight is 97.1 g/mol. The van der Waals surface area contributed by atoms with Gasteiger partial charge in [-0.2, -0.15) is 5.26 Å². The van der Waals surface area contributed by atoms with Crippen molar-refractivity contribution in [1.29, 1.82) is 5.26 Å². The molecule has 38 valence electrons. The molecule has 2 nitrogen and oxygen atoms in total. The van der Waals surface area contributed by atoms with Crippen molar-refractivity contribution in [2.24, 2.45) is 5.92 Å². The third-order valence-corrected chi connectivity index (χ3v) is 0.803. The van der Waals surface area contributed by atoms with Crippen molar-refractivity contribution in [3.63, 3.8) is 0 Å². The highest BCUT2D eigenvalue weighted by molar-refractivity contribution is 5.80. The van der Waals surface area contributed by atoms with E-state index in [1.165, 1.54) is 6.92 Å². The van der Waals surface area contributed by atoms with Gasteiger partial charge in [-0.15, -0.1) is 0 Å². The normalized spacial score (nSPS) is 12.1. The topological polar surface area (TPSA) is 40.9 Å². The van der Waals surface area contributed by atoms with Crippen LogP contribution in [0.3, 0.4) is 0 Å². The second-order valence-electron chi connectivity index (χ2n) is 1.46. The quantitative estimate of drug-likeness (QED) is 0.484. The molecule has 0 bridgehead atoms. The fourth-order valence-electron chi connectivity index (χ4n) is 0.0909. The Hall–Kier alpha value is -0.840. The molecule has 1 unspecified atom stereocenters. The zero-order valence-electron chi connectivity index (χ0n) is 4.43. The number of nitriles is 1. The number of rotatable bonds is 1. The van der Waals surface area contributed by atoms with Crippen molar-refractivity contribution in [2.45, 2.75) is 13.8 Å². The Morgan fingerprint density at radius 1 is 1.86 bits per heavy atom. The molecule has 0 aliphatic heterocycles. The van der Waals surface area contributed by atoms with Crippen LogP contribution in [0.2, 0.25) is 0 Å². The summed E-state index contributed by atoms with van der Waals surface area (Å²) in [5.74, 6) is -0.498. The summed E-state index contributed by atoms with van der Waals surface area (Å²) in [4.78, 5) is 10.2. The number of hydrogen-bond donors (Lipinski definition) is 0. The predicted molar refractivity (Wildman–Crippen MR) is 25.5 cm³/mol. The largest absolute Gasteiger partial charge is 0.299 e. The van der Waals surface area contributed by atoms with Gasteiger partial charge in [0.1, 0.15) is 11.7 Å². The molecule has 0 heterocycles. The summed E-state index contributed by atoms with van der Waals surface area (Å²) in [5.41, 5.74) is 0. The monoisotopic (exact) mass is 97.1 g/mol. The maximum atomic E-state index is 10.2. The molecule has 0 amide bonds. The van der Waals surface area contributed by atoms with Crippen LogP contribution in [0.5, 0.6) is 0 Å². The summed E-state index contributed by atoms with van der Waals surface area (Å²) >= 11 is 0. The molecule has 7 heavy (non-hydrogen) atoms. The van der Waals surface area contributed by atoms with E-state index in [1.54, 1.807) is 6.92 Å². The first-order valence-electron chi connectivity index (χ1n) is 2.08. The second-order valence-corrected chi connectivity index (χ2v) is 1.46. The Morgan fingerprint density at radius 3 is 2.29 bits per heavy atom. The lowest BCUT2D eigenvalue weighted by Gasteiger charge is -1.87. The maximum absolute atomic E-state index is 10.2. The molecule has 0 aromatic carbocycles. The molecule has 0 aromatic heterocycles. The van der Waals surface area contributed by atoms with Gasteiger partial charge in [0.25, 0.3) is 0 Å². The van der Waals surface area contributed by atoms with Crippen LogP contribution in [0.25, 0.3) is 0 Å². The van der Waals surface area contributed by atoms with Crippen LogP contribution in [0.4, 0.5) is 0 Å². The van der Waals surface area contributed by atoms with Crippen LogP contribution < -0.4 is 0 Å². The summed E-state index contributed by atoms with van der Waals surface area (Å²) < 4.78 is 0. The number of Topliss-reactive ketones (excluding diaryl/α,β-unsaturated/α-hetero) is 1. The number of nitrogens with zero attached hydrogens (tertiary/aromatic N) is 1. The smallest absolute Gasteiger partial charge is 0.146 e. The van der Waals surface area contributed by atoms with Crippen molar-refractivity contribution < 1.29 is 4.79 Å². The maximum Gasteiger partial charge on any atom is 0.146 e. The molecule has 0 aliphatic carbocycles. The van der Waals surface area contributed by atoms with E-state index in [-0.39, 0.29) is 5.78 Å². The molecule has 0 saturated heterocycles. The second kappa shape index (κ2) is 2.35. The van der Waals surface area contributed by atoms with Crippen molar-refractivity contribution in [3.8, 4) is 6.07 Å². The molecular weight excluding hydrogens is 90.1 g/mol. The molecule has 2 heteroatoms.